The number of phosphoric acid groups is 1. The first kappa shape index (κ1) is 54.9. The van der Waals surface area contributed by atoms with Gasteiger partial charge in [-0.3, -0.25) is 18.6 Å². The molecule has 0 saturated heterocycles. The summed E-state index contributed by atoms with van der Waals surface area (Å²) in [5.41, 5.74) is 0. The number of unbranched alkanes of at least 4 members (excludes halogenated alkanes) is 8. The zero-order chi connectivity index (χ0) is 42.8. The molecule has 0 aliphatic carbocycles. The Balaban J connectivity index is 4.51. The highest BCUT2D eigenvalue weighted by atomic mass is 31.2. The molecule has 330 valence electrons. The number of carbonyl (C=O) groups is 2. The molecule has 0 saturated carbocycles. The number of quaternary nitrogens is 1. The smallest absolute Gasteiger partial charge is 0.462 e. The average molecular weight is 831 g/mol. The summed E-state index contributed by atoms with van der Waals surface area (Å²) in [6.45, 7) is 4.16. The van der Waals surface area contributed by atoms with Gasteiger partial charge in [-0.05, 0) is 96.3 Å². The molecule has 0 aromatic carbocycles. The maximum Gasteiger partial charge on any atom is 0.472 e. The van der Waals surface area contributed by atoms with Crippen LogP contribution in [0.15, 0.2) is 97.2 Å². The minimum Gasteiger partial charge on any atom is -0.462 e. The van der Waals surface area contributed by atoms with Gasteiger partial charge in [0.2, 0.25) is 0 Å². The van der Waals surface area contributed by atoms with Crippen LogP contribution in [0.2, 0.25) is 0 Å². The first-order valence-corrected chi connectivity index (χ1v) is 23.5. The Morgan fingerprint density at radius 1 is 0.552 bits per heavy atom. The van der Waals surface area contributed by atoms with Crippen molar-refractivity contribution in [3.8, 4) is 0 Å². The lowest BCUT2D eigenvalue weighted by Crippen LogP contribution is -2.37. The Labute approximate surface area is 353 Å². The van der Waals surface area contributed by atoms with Gasteiger partial charge in [-0.1, -0.05) is 130 Å². The Morgan fingerprint density at radius 2 is 0.983 bits per heavy atom. The van der Waals surface area contributed by atoms with Crippen molar-refractivity contribution in [2.45, 2.75) is 148 Å². The van der Waals surface area contributed by atoms with Gasteiger partial charge in [0.15, 0.2) is 6.10 Å². The summed E-state index contributed by atoms with van der Waals surface area (Å²) in [5, 5.41) is 0. The third kappa shape index (κ3) is 42.5. The fourth-order valence-electron chi connectivity index (χ4n) is 5.16. The lowest BCUT2D eigenvalue weighted by Gasteiger charge is -2.24. The van der Waals surface area contributed by atoms with E-state index in [9.17, 15) is 19.0 Å². The van der Waals surface area contributed by atoms with E-state index in [1.54, 1.807) is 0 Å². The lowest BCUT2D eigenvalue weighted by molar-refractivity contribution is -0.870. The van der Waals surface area contributed by atoms with E-state index in [2.05, 4.69) is 111 Å². The van der Waals surface area contributed by atoms with Crippen molar-refractivity contribution in [2.75, 3.05) is 47.5 Å². The van der Waals surface area contributed by atoms with Gasteiger partial charge in [0.25, 0.3) is 0 Å². The summed E-state index contributed by atoms with van der Waals surface area (Å²) in [6, 6.07) is 0. The van der Waals surface area contributed by atoms with Gasteiger partial charge in [0.1, 0.15) is 19.8 Å². The maximum atomic E-state index is 12.7. The van der Waals surface area contributed by atoms with E-state index < -0.39 is 32.5 Å². The molecule has 0 aromatic heterocycles. The topological polar surface area (TPSA) is 108 Å². The predicted octanol–water partition coefficient (Wildman–Crippen LogP) is 12.6. The van der Waals surface area contributed by atoms with Crippen molar-refractivity contribution in [1.82, 2.24) is 0 Å². The number of hydrogen-bond donors (Lipinski definition) is 1. The highest BCUT2D eigenvalue weighted by Gasteiger charge is 2.27. The van der Waals surface area contributed by atoms with Crippen LogP contribution in [-0.4, -0.2) is 74.9 Å². The monoisotopic (exact) mass is 831 g/mol. The fourth-order valence-corrected chi connectivity index (χ4v) is 5.90. The van der Waals surface area contributed by atoms with E-state index >= 15 is 0 Å². The molecule has 0 aliphatic rings. The zero-order valence-corrected chi connectivity index (χ0v) is 37.9. The second-order valence-electron chi connectivity index (χ2n) is 15.3. The summed E-state index contributed by atoms with van der Waals surface area (Å²) in [7, 11) is 1.41. The van der Waals surface area contributed by atoms with Gasteiger partial charge in [0, 0.05) is 12.8 Å². The van der Waals surface area contributed by atoms with E-state index in [0.29, 0.717) is 23.9 Å². The standard InChI is InChI=1S/C48H80NO8P/c1-6-8-10-12-14-16-18-20-22-23-24-25-27-28-30-32-34-36-38-40-47(50)54-44-46(45-56-58(52,53)55-43-42-49(3,4)5)57-48(51)41-39-37-35-33-31-29-26-21-19-17-15-13-11-9-7-2/h8,10,14-17,20-22,24-26,28,30-31,33,46H,6-7,9,11-13,18-19,23,27,29,32,34-45H2,1-5H3/p+1/b10-8+,16-14+,17-15+,22-20+,25-24+,26-21+,30-28+,33-31+/t46-/m1/s1. The van der Waals surface area contributed by atoms with Crippen LogP contribution in [-0.2, 0) is 32.7 Å². The molecule has 0 heterocycles. The molecule has 58 heavy (non-hydrogen) atoms. The number of hydrogen-bond acceptors (Lipinski definition) is 7. The molecule has 9 nitrogen and oxygen atoms in total. The molecule has 10 heteroatoms. The van der Waals surface area contributed by atoms with E-state index in [-0.39, 0.29) is 26.1 Å². The molecule has 0 radical (unpaired) electrons. The summed E-state index contributed by atoms with van der Waals surface area (Å²) >= 11 is 0. The van der Waals surface area contributed by atoms with Crippen molar-refractivity contribution in [2.24, 2.45) is 0 Å². The van der Waals surface area contributed by atoms with Gasteiger partial charge in [0.05, 0.1) is 27.7 Å². The van der Waals surface area contributed by atoms with Crippen LogP contribution >= 0.6 is 7.82 Å². The maximum absolute atomic E-state index is 12.7. The van der Waals surface area contributed by atoms with Crippen LogP contribution in [0.3, 0.4) is 0 Å². The molecule has 0 aromatic rings. The van der Waals surface area contributed by atoms with Crippen LogP contribution in [0.25, 0.3) is 0 Å². The average Bonchev–Trinajstić information content (AvgIpc) is 3.17. The Hall–Kier alpha value is -3.07. The summed E-state index contributed by atoms with van der Waals surface area (Å²) < 4.78 is 34.2. The van der Waals surface area contributed by atoms with Gasteiger partial charge < -0.3 is 18.9 Å². The molecule has 1 unspecified atom stereocenters. The first-order valence-electron chi connectivity index (χ1n) is 22.0. The number of carbonyl (C=O) groups excluding carboxylic acids is 2. The van der Waals surface area contributed by atoms with Crippen LogP contribution < -0.4 is 0 Å². The van der Waals surface area contributed by atoms with Gasteiger partial charge in [-0.15, -0.1) is 0 Å². The minimum absolute atomic E-state index is 0.0130. The van der Waals surface area contributed by atoms with Crippen LogP contribution in [0.4, 0.5) is 0 Å². The number of rotatable bonds is 38. The molecule has 0 rings (SSSR count). The number of phosphoric ester groups is 1. The van der Waals surface area contributed by atoms with Crippen LogP contribution in [0.5, 0.6) is 0 Å². The minimum atomic E-state index is -4.40. The molecule has 1 N–H and O–H groups in total. The van der Waals surface area contributed by atoms with E-state index in [0.717, 1.165) is 83.5 Å². The summed E-state index contributed by atoms with van der Waals surface area (Å²) in [6.07, 6.45) is 51.7. The third-order valence-electron chi connectivity index (χ3n) is 8.60. The molecule has 0 aliphatic heterocycles. The molecular formula is C48H81NO8P+. The number of ether oxygens (including phenoxy) is 2. The Morgan fingerprint density at radius 3 is 1.47 bits per heavy atom. The van der Waals surface area contributed by atoms with Crippen molar-refractivity contribution >= 4 is 19.8 Å². The van der Waals surface area contributed by atoms with Crippen molar-refractivity contribution in [1.29, 1.82) is 0 Å². The second-order valence-corrected chi connectivity index (χ2v) is 16.8. The van der Waals surface area contributed by atoms with Gasteiger partial charge >= 0.3 is 19.8 Å². The van der Waals surface area contributed by atoms with Crippen molar-refractivity contribution in [3.63, 3.8) is 0 Å². The van der Waals surface area contributed by atoms with Crippen molar-refractivity contribution < 1.29 is 42.1 Å². The quantitative estimate of drug-likeness (QED) is 0.0215. The number of nitrogens with zero attached hydrogens (tertiary/aromatic N) is 1. The Bertz CT molecular complexity index is 1300. The van der Waals surface area contributed by atoms with Crippen LogP contribution in [0, 0.1) is 0 Å². The molecule has 0 fully saturated rings. The second kappa shape index (κ2) is 39.4. The highest BCUT2D eigenvalue weighted by Crippen LogP contribution is 2.43. The van der Waals surface area contributed by atoms with Crippen LogP contribution in [0.1, 0.15) is 142 Å². The molecule has 2 atom stereocenters. The van der Waals surface area contributed by atoms with Gasteiger partial charge in [-0.2, -0.15) is 0 Å². The molecular weight excluding hydrogens is 750 g/mol. The normalized spacial score (nSPS) is 14.5. The molecule has 0 spiro atoms. The van der Waals surface area contributed by atoms with Crippen molar-refractivity contribution in [3.05, 3.63) is 97.2 Å². The largest absolute Gasteiger partial charge is 0.472 e. The number of likely N-dealkylation sites (N-methyl/N-ethyl adjacent to an activating group) is 1. The van der Waals surface area contributed by atoms with E-state index in [1.165, 1.54) is 19.3 Å². The number of allylic oxidation sites excluding steroid dienone is 16. The lowest BCUT2D eigenvalue weighted by atomic mass is 10.1. The first-order chi connectivity index (χ1) is 28.0. The highest BCUT2D eigenvalue weighted by molar-refractivity contribution is 7.47. The van der Waals surface area contributed by atoms with E-state index in [4.69, 9.17) is 18.5 Å². The Kier molecular flexibility index (Phi) is 37.3. The van der Waals surface area contributed by atoms with E-state index in [1.807, 2.05) is 21.1 Å². The number of esters is 2. The summed E-state index contributed by atoms with van der Waals surface area (Å²) in [4.78, 5) is 35.3. The third-order valence-corrected chi connectivity index (χ3v) is 9.58. The predicted molar refractivity (Wildman–Crippen MR) is 242 cm³/mol. The fraction of sp³-hybridized carbons (Fsp3) is 0.625. The molecule has 0 amide bonds. The SMILES string of the molecule is CC/C=C/C/C=C/C/C=C/C/C=C/C/C=C/CCCCCC(=O)OC[C@H](COP(=O)(O)OCC[N+](C)(C)C)OC(=O)CCCC/C=C/C/C=C/C/C=C/CCCCC. The van der Waals surface area contributed by atoms with Gasteiger partial charge in [-0.25, -0.2) is 4.57 Å². The molecule has 0 bridgehead atoms. The zero-order valence-electron chi connectivity index (χ0n) is 37.0. The summed E-state index contributed by atoms with van der Waals surface area (Å²) in [5.74, 6) is -0.893.